The lowest BCUT2D eigenvalue weighted by atomic mass is 9.79. The summed E-state index contributed by atoms with van der Waals surface area (Å²) in [6.07, 6.45) is 8.10. The Labute approximate surface area is 119 Å². The van der Waals surface area contributed by atoms with Gasteiger partial charge in [-0.25, -0.2) is 0 Å². The zero-order valence-corrected chi connectivity index (χ0v) is 13.2. The van der Waals surface area contributed by atoms with Gasteiger partial charge >= 0.3 is 0 Å². The maximum atomic E-state index is 9.48. The van der Waals surface area contributed by atoms with Crippen LogP contribution >= 0.6 is 0 Å². The molecule has 1 aliphatic rings. The van der Waals surface area contributed by atoms with Crippen LogP contribution in [-0.2, 0) is 0 Å². The fourth-order valence-electron chi connectivity index (χ4n) is 3.25. The molecule has 0 aromatic carbocycles. The minimum absolute atomic E-state index is 0.291. The van der Waals surface area contributed by atoms with Crippen molar-refractivity contribution in [3.8, 4) is 6.07 Å². The average Bonchev–Trinajstić information content (AvgIpc) is 2.47. The number of hydrogen-bond donors (Lipinski definition) is 1. The lowest BCUT2D eigenvalue weighted by Crippen LogP contribution is -2.53. The first-order valence-corrected chi connectivity index (χ1v) is 7.98. The van der Waals surface area contributed by atoms with Crippen molar-refractivity contribution in [3.63, 3.8) is 0 Å². The molecule has 0 aliphatic heterocycles. The highest BCUT2D eigenvalue weighted by molar-refractivity contribution is 5.10. The Bertz CT molecular complexity index is 297. The van der Waals surface area contributed by atoms with Crippen LogP contribution in [0.4, 0.5) is 0 Å². The van der Waals surface area contributed by atoms with Crippen molar-refractivity contribution in [1.29, 1.82) is 5.26 Å². The molecular formula is C16H31N3. The van der Waals surface area contributed by atoms with Gasteiger partial charge < -0.3 is 5.32 Å². The van der Waals surface area contributed by atoms with E-state index < -0.39 is 0 Å². The molecule has 1 aliphatic carbocycles. The second-order valence-electron chi connectivity index (χ2n) is 6.04. The lowest BCUT2D eigenvalue weighted by molar-refractivity contribution is 0.0841. The van der Waals surface area contributed by atoms with Gasteiger partial charge in [-0.15, -0.1) is 0 Å². The van der Waals surface area contributed by atoms with Crippen LogP contribution in [0.3, 0.4) is 0 Å². The smallest absolute Gasteiger partial charge is 0.108 e. The normalized spacial score (nSPS) is 29.2. The Morgan fingerprint density at radius 2 is 2.21 bits per heavy atom. The van der Waals surface area contributed by atoms with E-state index in [2.05, 4.69) is 37.1 Å². The van der Waals surface area contributed by atoms with Gasteiger partial charge in [0.1, 0.15) is 5.54 Å². The molecule has 0 aromatic rings. The fraction of sp³-hybridized carbons (Fsp3) is 0.938. The van der Waals surface area contributed by atoms with E-state index in [0.29, 0.717) is 12.1 Å². The molecule has 1 saturated carbocycles. The van der Waals surface area contributed by atoms with Crippen molar-refractivity contribution < 1.29 is 0 Å². The molecule has 0 aromatic heterocycles. The summed E-state index contributed by atoms with van der Waals surface area (Å²) in [6.45, 7) is 8.03. The van der Waals surface area contributed by atoms with Crippen LogP contribution in [0.15, 0.2) is 0 Å². The highest BCUT2D eigenvalue weighted by Gasteiger charge is 2.38. The van der Waals surface area contributed by atoms with E-state index in [1.165, 1.54) is 32.2 Å². The summed E-state index contributed by atoms with van der Waals surface area (Å²) >= 11 is 0. The molecule has 0 heterocycles. The zero-order chi connectivity index (χ0) is 14.3. The summed E-state index contributed by atoms with van der Waals surface area (Å²) in [5.41, 5.74) is -0.291. The third-order valence-corrected chi connectivity index (χ3v) is 4.81. The Morgan fingerprint density at radius 1 is 1.47 bits per heavy atom. The molecule has 0 amide bonds. The molecule has 0 radical (unpaired) electrons. The van der Waals surface area contributed by atoms with Crippen molar-refractivity contribution in [3.05, 3.63) is 0 Å². The van der Waals surface area contributed by atoms with E-state index >= 15 is 0 Å². The molecule has 19 heavy (non-hydrogen) atoms. The quantitative estimate of drug-likeness (QED) is 0.767. The Hall–Kier alpha value is -0.590. The fourth-order valence-corrected chi connectivity index (χ4v) is 3.25. The minimum atomic E-state index is -0.291. The van der Waals surface area contributed by atoms with Crippen LogP contribution in [0.1, 0.15) is 65.7 Å². The van der Waals surface area contributed by atoms with Crippen LogP contribution < -0.4 is 5.32 Å². The number of rotatable bonds is 7. The second kappa shape index (κ2) is 7.87. The lowest BCUT2D eigenvalue weighted by Gasteiger charge is -2.43. The predicted molar refractivity (Wildman–Crippen MR) is 81.0 cm³/mol. The van der Waals surface area contributed by atoms with E-state index in [1.54, 1.807) is 0 Å². The Kier molecular flexibility index (Phi) is 6.82. The first kappa shape index (κ1) is 16.5. The van der Waals surface area contributed by atoms with Gasteiger partial charge in [0.15, 0.2) is 0 Å². The summed E-state index contributed by atoms with van der Waals surface area (Å²) in [5, 5.41) is 12.8. The summed E-state index contributed by atoms with van der Waals surface area (Å²) in [4.78, 5) is 2.66. The first-order chi connectivity index (χ1) is 9.12. The summed E-state index contributed by atoms with van der Waals surface area (Å²) < 4.78 is 0. The maximum absolute atomic E-state index is 9.48. The highest BCUT2D eigenvalue weighted by atomic mass is 15.2. The molecule has 1 fully saturated rings. The largest absolute Gasteiger partial charge is 0.302 e. The molecule has 3 atom stereocenters. The topological polar surface area (TPSA) is 39.1 Å². The Balaban J connectivity index is 2.75. The molecule has 3 nitrogen and oxygen atoms in total. The molecule has 3 unspecified atom stereocenters. The first-order valence-electron chi connectivity index (χ1n) is 7.98. The van der Waals surface area contributed by atoms with Gasteiger partial charge in [0.25, 0.3) is 0 Å². The molecule has 1 rings (SSSR count). The molecule has 3 heteroatoms. The summed E-state index contributed by atoms with van der Waals surface area (Å²) in [6, 6.07) is 3.73. The standard InChI is InChI=1S/C16H31N3/c1-5-7-11-19(14(3)6-2)15-9-8-10-16(12-15,13-17)18-4/h14-15,18H,5-12H2,1-4H3. The molecule has 110 valence electrons. The molecule has 1 N–H and O–H groups in total. The molecule has 0 bridgehead atoms. The van der Waals surface area contributed by atoms with E-state index in [-0.39, 0.29) is 5.54 Å². The maximum Gasteiger partial charge on any atom is 0.108 e. The van der Waals surface area contributed by atoms with Crippen LogP contribution in [-0.4, -0.2) is 36.1 Å². The number of nitrogens with one attached hydrogen (secondary N) is 1. The van der Waals surface area contributed by atoms with Gasteiger partial charge in [-0.3, -0.25) is 4.90 Å². The van der Waals surface area contributed by atoms with Gasteiger partial charge in [0.2, 0.25) is 0 Å². The average molecular weight is 265 g/mol. The molecular weight excluding hydrogens is 234 g/mol. The van der Waals surface area contributed by atoms with Crippen molar-refractivity contribution in [2.45, 2.75) is 83.3 Å². The van der Waals surface area contributed by atoms with Gasteiger partial charge in [0, 0.05) is 12.1 Å². The number of unbranched alkanes of at least 4 members (excludes halogenated alkanes) is 1. The van der Waals surface area contributed by atoms with E-state index in [4.69, 9.17) is 0 Å². The number of nitrogens with zero attached hydrogens (tertiary/aromatic N) is 2. The zero-order valence-electron chi connectivity index (χ0n) is 13.2. The van der Waals surface area contributed by atoms with Gasteiger partial charge in [-0.05, 0) is 59.0 Å². The SMILES string of the molecule is CCCCN(C(C)CC)C1CCCC(C#N)(NC)C1. The van der Waals surface area contributed by atoms with E-state index in [0.717, 1.165) is 19.3 Å². The van der Waals surface area contributed by atoms with Crippen LogP contribution in [0, 0.1) is 11.3 Å². The molecule has 0 spiro atoms. The predicted octanol–water partition coefficient (Wildman–Crippen LogP) is 3.31. The number of hydrogen-bond acceptors (Lipinski definition) is 3. The van der Waals surface area contributed by atoms with Crippen molar-refractivity contribution in [2.75, 3.05) is 13.6 Å². The van der Waals surface area contributed by atoms with Crippen LogP contribution in [0.25, 0.3) is 0 Å². The monoisotopic (exact) mass is 265 g/mol. The van der Waals surface area contributed by atoms with Crippen LogP contribution in [0.2, 0.25) is 0 Å². The van der Waals surface area contributed by atoms with Crippen molar-refractivity contribution in [2.24, 2.45) is 0 Å². The number of nitriles is 1. The second-order valence-corrected chi connectivity index (χ2v) is 6.04. The highest BCUT2D eigenvalue weighted by Crippen LogP contribution is 2.32. The van der Waals surface area contributed by atoms with E-state index in [1.807, 2.05) is 7.05 Å². The van der Waals surface area contributed by atoms with Gasteiger partial charge in [-0.1, -0.05) is 20.3 Å². The van der Waals surface area contributed by atoms with Crippen LogP contribution in [0.5, 0.6) is 0 Å². The third-order valence-electron chi connectivity index (χ3n) is 4.81. The Morgan fingerprint density at radius 3 is 2.74 bits per heavy atom. The van der Waals surface area contributed by atoms with E-state index in [9.17, 15) is 5.26 Å². The van der Waals surface area contributed by atoms with Gasteiger partial charge in [-0.2, -0.15) is 5.26 Å². The molecule has 0 saturated heterocycles. The van der Waals surface area contributed by atoms with Gasteiger partial charge in [0.05, 0.1) is 6.07 Å². The van der Waals surface area contributed by atoms with Crippen molar-refractivity contribution in [1.82, 2.24) is 10.2 Å². The third kappa shape index (κ3) is 4.19. The minimum Gasteiger partial charge on any atom is -0.302 e. The summed E-state index contributed by atoms with van der Waals surface area (Å²) in [7, 11) is 1.94. The van der Waals surface area contributed by atoms with Crippen molar-refractivity contribution >= 4 is 0 Å². The summed E-state index contributed by atoms with van der Waals surface area (Å²) in [5.74, 6) is 0.